The highest BCUT2D eigenvalue weighted by Gasteiger charge is 2.14. The molecule has 6 nitrogen and oxygen atoms in total. The standard InChI is InChI=1S/C22H23NO5S/c1-14-6-7-17(22(26)27-2)11-19(14)23-20(24)12-28-21(25)13-29-18-9-8-15-4-3-5-16(15)10-18/h6-11H,3-5,12-13H2,1-2H3,(H,23,24). The summed E-state index contributed by atoms with van der Waals surface area (Å²) in [6.07, 6.45) is 3.40. The van der Waals surface area contributed by atoms with Gasteiger partial charge in [0.05, 0.1) is 18.4 Å². The van der Waals surface area contributed by atoms with Gasteiger partial charge in [-0.1, -0.05) is 12.1 Å². The lowest BCUT2D eigenvalue weighted by atomic mass is 10.1. The topological polar surface area (TPSA) is 81.7 Å². The highest BCUT2D eigenvalue weighted by atomic mass is 32.2. The van der Waals surface area contributed by atoms with Gasteiger partial charge in [-0.25, -0.2) is 4.79 Å². The fourth-order valence-electron chi connectivity index (χ4n) is 3.16. The number of benzene rings is 2. The Balaban J connectivity index is 1.46. The first kappa shape index (κ1) is 20.9. The van der Waals surface area contributed by atoms with E-state index in [4.69, 9.17) is 4.74 Å². The third kappa shape index (κ3) is 5.60. The second kappa shape index (κ2) is 9.60. The fourth-order valence-corrected chi connectivity index (χ4v) is 3.91. The average Bonchev–Trinajstić information content (AvgIpc) is 3.19. The van der Waals surface area contributed by atoms with Crippen LogP contribution in [0.25, 0.3) is 0 Å². The normalized spacial score (nSPS) is 12.2. The van der Waals surface area contributed by atoms with Gasteiger partial charge in [-0.2, -0.15) is 0 Å². The molecule has 1 amide bonds. The molecule has 29 heavy (non-hydrogen) atoms. The van der Waals surface area contributed by atoms with E-state index in [0.29, 0.717) is 11.3 Å². The Bertz CT molecular complexity index is 941. The summed E-state index contributed by atoms with van der Waals surface area (Å²) >= 11 is 1.40. The molecule has 2 aromatic carbocycles. The number of hydrogen-bond donors (Lipinski definition) is 1. The molecular weight excluding hydrogens is 390 g/mol. The maximum atomic E-state index is 12.1. The lowest BCUT2D eigenvalue weighted by molar-refractivity contribution is -0.144. The SMILES string of the molecule is COC(=O)c1ccc(C)c(NC(=O)COC(=O)CSc2ccc3c(c2)CCC3)c1. The highest BCUT2D eigenvalue weighted by molar-refractivity contribution is 8.00. The van der Waals surface area contributed by atoms with Crippen molar-refractivity contribution in [3.63, 3.8) is 0 Å². The molecular formula is C22H23NO5S. The molecule has 2 aromatic rings. The molecule has 0 aliphatic heterocycles. The summed E-state index contributed by atoms with van der Waals surface area (Å²) in [5.74, 6) is -1.27. The van der Waals surface area contributed by atoms with Gasteiger partial charge in [0.1, 0.15) is 0 Å². The van der Waals surface area contributed by atoms with E-state index < -0.39 is 17.8 Å². The van der Waals surface area contributed by atoms with Crippen molar-refractivity contribution in [3.05, 3.63) is 58.7 Å². The number of fused-ring (bicyclic) bond motifs is 1. The molecule has 3 rings (SSSR count). The summed E-state index contributed by atoms with van der Waals surface area (Å²) in [7, 11) is 1.29. The lowest BCUT2D eigenvalue weighted by Gasteiger charge is -2.10. The molecule has 0 atom stereocenters. The quantitative estimate of drug-likeness (QED) is 0.552. The van der Waals surface area contributed by atoms with E-state index in [1.54, 1.807) is 19.1 Å². The van der Waals surface area contributed by atoms with Gasteiger partial charge in [0.2, 0.25) is 0 Å². The minimum atomic E-state index is -0.490. The second-order valence-corrected chi connectivity index (χ2v) is 7.85. The maximum absolute atomic E-state index is 12.1. The number of rotatable bonds is 7. The van der Waals surface area contributed by atoms with Crippen molar-refractivity contribution in [2.45, 2.75) is 31.1 Å². The summed E-state index contributed by atoms with van der Waals surface area (Å²) < 4.78 is 9.75. The largest absolute Gasteiger partial charge is 0.465 e. The first-order chi connectivity index (χ1) is 14.0. The van der Waals surface area contributed by atoms with Crippen LogP contribution >= 0.6 is 11.8 Å². The third-order valence-corrected chi connectivity index (χ3v) is 5.69. The van der Waals surface area contributed by atoms with Crippen LogP contribution in [-0.2, 0) is 31.9 Å². The number of aryl methyl sites for hydroxylation is 3. The Morgan fingerprint density at radius 1 is 1.07 bits per heavy atom. The zero-order valence-corrected chi connectivity index (χ0v) is 17.3. The molecule has 1 aliphatic rings. The Morgan fingerprint density at radius 2 is 1.86 bits per heavy atom. The number of carbonyl (C=O) groups excluding carboxylic acids is 3. The smallest absolute Gasteiger partial charge is 0.337 e. The van der Waals surface area contributed by atoms with Crippen LogP contribution in [0.3, 0.4) is 0 Å². The van der Waals surface area contributed by atoms with E-state index in [1.165, 1.54) is 42.5 Å². The molecule has 0 spiro atoms. The number of amides is 1. The molecule has 0 aromatic heterocycles. The van der Waals surface area contributed by atoms with E-state index in [2.05, 4.69) is 22.2 Å². The van der Waals surface area contributed by atoms with Gasteiger partial charge in [-0.3, -0.25) is 9.59 Å². The number of carbonyl (C=O) groups is 3. The first-order valence-electron chi connectivity index (χ1n) is 9.35. The predicted octanol–water partition coefficient (Wildman–Crippen LogP) is 3.54. The Kier molecular flexibility index (Phi) is 6.93. The van der Waals surface area contributed by atoms with Crippen molar-refractivity contribution in [1.82, 2.24) is 0 Å². The van der Waals surface area contributed by atoms with Crippen molar-refractivity contribution in [1.29, 1.82) is 0 Å². The van der Waals surface area contributed by atoms with E-state index >= 15 is 0 Å². The molecule has 0 radical (unpaired) electrons. The zero-order chi connectivity index (χ0) is 20.8. The summed E-state index contributed by atoms with van der Waals surface area (Å²) in [5.41, 5.74) is 4.33. The van der Waals surface area contributed by atoms with E-state index in [1.807, 2.05) is 6.07 Å². The number of ether oxygens (including phenoxy) is 2. The third-order valence-electron chi connectivity index (χ3n) is 4.72. The fraction of sp³-hybridized carbons (Fsp3) is 0.318. The van der Waals surface area contributed by atoms with Crippen LogP contribution < -0.4 is 5.32 Å². The van der Waals surface area contributed by atoms with Gasteiger partial charge < -0.3 is 14.8 Å². The number of hydrogen-bond acceptors (Lipinski definition) is 6. The van der Waals surface area contributed by atoms with Crippen molar-refractivity contribution in [2.24, 2.45) is 0 Å². The lowest BCUT2D eigenvalue weighted by Crippen LogP contribution is -2.22. The van der Waals surface area contributed by atoms with Gasteiger partial charge in [0.25, 0.3) is 5.91 Å². The van der Waals surface area contributed by atoms with Crippen molar-refractivity contribution < 1.29 is 23.9 Å². The minimum absolute atomic E-state index is 0.142. The van der Waals surface area contributed by atoms with Gasteiger partial charge in [-0.05, 0) is 67.1 Å². The van der Waals surface area contributed by atoms with Crippen molar-refractivity contribution in [2.75, 3.05) is 24.8 Å². The van der Waals surface area contributed by atoms with Gasteiger partial charge in [0, 0.05) is 10.6 Å². The van der Waals surface area contributed by atoms with E-state index in [0.717, 1.165) is 23.3 Å². The van der Waals surface area contributed by atoms with Crippen molar-refractivity contribution in [3.8, 4) is 0 Å². The number of nitrogens with one attached hydrogen (secondary N) is 1. The molecule has 0 unspecified atom stereocenters. The summed E-state index contributed by atoms with van der Waals surface area (Å²) in [6, 6.07) is 11.1. The van der Waals surface area contributed by atoms with E-state index in [-0.39, 0.29) is 12.4 Å². The maximum Gasteiger partial charge on any atom is 0.337 e. The average molecular weight is 413 g/mol. The van der Waals surface area contributed by atoms with Crippen LogP contribution in [0.5, 0.6) is 0 Å². The van der Waals surface area contributed by atoms with Gasteiger partial charge >= 0.3 is 11.9 Å². The number of methoxy groups -OCH3 is 1. The summed E-state index contributed by atoms with van der Waals surface area (Å²) in [5, 5.41) is 2.66. The predicted molar refractivity (Wildman–Crippen MR) is 111 cm³/mol. The molecule has 1 N–H and O–H groups in total. The number of esters is 2. The second-order valence-electron chi connectivity index (χ2n) is 6.80. The zero-order valence-electron chi connectivity index (χ0n) is 16.4. The molecule has 0 bridgehead atoms. The van der Waals surface area contributed by atoms with Crippen LogP contribution in [0.2, 0.25) is 0 Å². The first-order valence-corrected chi connectivity index (χ1v) is 10.3. The molecule has 0 heterocycles. The Hall–Kier alpha value is -2.80. The summed E-state index contributed by atoms with van der Waals surface area (Å²) in [4.78, 5) is 36.7. The highest BCUT2D eigenvalue weighted by Crippen LogP contribution is 2.27. The Morgan fingerprint density at radius 3 is 2.66 bits per heavy atom. The molecule has 0 saturated carbocycles. The van der Waals surface area contributed by atoms with Crippen LogP contribution in [0, 0.1) is 6.92 Å². The van der Waals surface area contributed by atoms with E-state index in [9.17, 15) is 14.4 Å². The molecule has 152 valence electrons. The van der Waals surface area contributed by atoms with Crippen LogP contribution in [0.4, 0.5) is 5.69 Å². The minimum Gasteiger partial charge on any atom is -0.465 e. The number of thioether (sulfide) groups is 1. The monoisotopic (exact) mass is 413 g/mol. The van der Waals surface area contributed by atoms with Gasteiger partial charge in [0.15, 0.2) is 6.61 Å². The van der Waals surface area contributed by atoms with Gasteiger partial charge in [-0.15, -0.1) is 11.8 Å². The molecule has 0 saturated heterocycles. The van der Waals surface area contributed by atoms with Crippen LogP contribution in [0.1, 0.15) is 33.5 Å². The van der Waals surface area contributed by atoms with Crippen LogP contribution in [0.15, 0.2) is 41.3 Å². The Labute approximate surface area is 174 Å². The number of anilines is 1. The van der Waals surface area contributed by atoms with Crippen molar-refractivity contribution >= 4 is 35.3 Å². The van der Waals surface area contributed by atoms with Crippen LogP contribution in [-0.4, -0.2) is 37.3 Å². The molecule has 1 aliphatic carbocycles. The molecule has 0 fully saturated rings. The molecule has 7 heteroatoms. The summed E-state index contributed by atoms with van der Waals surface area (Å²) in [6.45, 7) is 1.42.